The van der Waals surface area contributed by atoms with Gasteiger partial charge in [0.2, 0.25) is 0 Å². The molecule has 2 aromatic rings. The zero-order chi connectivity index (χ0) is 21.0. The molecule has 0 saturated carbocycles. The molecule has 1 heterocycles. The van der Waals surface area contributed by atoms with E-state index in [9.17, 15) is 14.9 Å². The summed E-state index contributed by atoms with van der Waals surface area (Å²) in [5, 5.41) is 11.1. The molecule has 0 unspecified atom stereocenters. The average Bonchev–Trinajstić information content (AvgIpc) is 2.94. The Bertz CT molecular complexity index is 1010. The highest BCUT2D eigenvalue weighted by atomic mass is 32.2. The van der Waals surface area contributed by atoms with Gasteiger partial charge in [0.15, 0.2) is 0 Å². The smallest absolute Gasteiger partial charge is 0.270 e. The molecule has 0 bridgehead atoms. The number of nitrogens with zero attached hydrogens (tertiary/aromatic N) is 2. The zero-order valence-corrected chi connectivity index (χ0v) is 17.4. The summed E-state index contributed by atoms with van der Waals surface area (Å²) in [6, 6.07) is 11.9. The van der Waals surface area contributed by atoms with Crippen molar-refractivity contribution in [1.82, 2.24) is 4.90 Å². The second kappa shape index (κ2) is 9.06. The van der Waals surface area contributed by atoms with E-state index in [1.54, 1.807) is 13.1 Å². The first-order chi connectivity index (χ1) is 13.9. The van der Waals surface area contributed by atoms with Crippen molar-refractivity contribution in [3.63, 3.8) is 0 Å². The SMILES string of the molecule is Cc1ccccc1OCCOc1ccc([N+](=O)[O-])cc1/C=C1\SC(=S)N(C)C1=O. The second-order valence-electron chi connectivity index (χ2n) is 6.18. The number of nitro groups is 1. The Morgan fingerprint density at radius 1 is 1.17 bits per heavy atom. The lowest BCUT2D eigenvalue weighted by Crippen LogP contribution is -2.22. The molecule has 1 aliphatic rings. The van der Waals surface area contributed by atoms with Crippen molar-refractivity contribution in [1.29, 1.82) is 0 Å². The summed E-state index contributed by atoms with van der Waals surface area (Å²) in [7, 11) is 1.59. The Balaban J connectivity index is 1.76. The standard InChI is InChI=1S/C20H18N2O5S2/c1-13-5-3-4-6-16(13)26-9-10-27-17-8-7-15(22(24)25)11-14(17)12-18-19(23)21(2)20(28)29-18/h3-8,11-12H,9-10H2,1-2H3/b18-12-. The molecular formula is C20H18N2O5S2. The van der Waals surface area contributed by atoms with Crippen LogP contribution in [0.5, 0.6) is 11.5 Å². The van der Waals surface area contributed by atoms with Crippen molar-refractivity contribution in [3.8, 4) is 11.5 Å². The third-order valence-corrected chi connectivity index (χ3v) is 5.65. The first-order valence-corrected chi connectivity index (χ1v) is 9.90. The molecule has 1 fully saturated rings. The zero-order valence-electron chi connectivity index (χ0n) is 15.8. The van der Waals surface area contributed by atoms with Gasteiger partial charge >= 0.3 is 0 Å². The number of hydrogen-bond acceptors (Lipinski definition) is 7. The second-order valence-corrected chi connectivity index (χ2v) is 7.86. The monoisotopic (exact) mass is 430 g/mol. The van der Waals surface area contributed by atoms with E-state index < -0.39 is 4.92 Å². The molecule has 29 heavy (non-hydrogen) atoms. The van der Waals surface area contributed by atoms with Gasteiger partial charge in [-0.3, -0.25) is 19.8 Å². The van der Waals surface area contributed by atoms with Crippen LogP contribution in [0.2, 0.25) is 0 Å². The van der Waals surface area contributed by atoms with Gasteiger partial charge < -0.3 is 9.47 Å². The summed E-state index contributed by atoms with van der Waals surface area (Å²) in [4.78, 5) is 24.7. The number of non-ortho nitro benzene ring substituents is 1. The number of para-hydroxylation sites is 1. The number of thiocarbonyl (C=S) groups is 1. The molecule has 0 N–H and O–H groups in total. The molecular weight excluding hydrogens is 412 g/mol. The molecule has 150 valence electrons. The molecule has 3 rings (SSSR count). The van der Waals surface area contributed by atoms with Crippen molar-refractivity contribution in [3.05, 3.63) is 68.6 Å². The first kappa shape index (κ1) is 20.8. The van der Waals surface area contributed by atoms with Gasteiger partial charge in [-0.2, -0.15) is 0 Å². The summed E-state index contributed by atoms with van der Waals surface area (Å²) in [5.74, 6) is 0.942. The normalized spacial score (nSPS) is 15.1. The number of nitro benzene ring substituents is 1. The molecule has 9 heteroatoms. The van der Waals surface area contributed by atoms with Crippen LogP contribution in [0, 0.1) is 17.0 Å². The third-order valence-electron chi connectivity index (χ3n) is 4.17. The largest absolute Gasteiger partial charge is 0.490 e. The van der Waals surface area contributed by atoms with Crippen molar-refractivity contribution < 1.29 is 19.2 Å². The summed E-state index contributed by atoms with van der Waals surface area (Å²) >= 11 is 6.27. The van der Waals surface area contributed by atoms with Crippen LogP contribution >= 0.6 is 24.0 Å². The number of likely N-dealkylation sites (N-methyl/N-ethyl adjacent to an activating group) is 1. The predicted octanol–water partition coefficient (Wildman–Crippen LogP) is 4.19. The van der Waals surface area contributed by atoms with Gasteiger partial charge in [0.05, 0.1) is 9.83 Å². The number of thioether (sulfide) groups is 1. The number of hydrogen-bond donors (Lipinski definition) is 0. The van der Waals surface area contributed by atoms with Crippen LogP contribution in [0.15, 0.2) is 47.4 Å². The Morgan fingerprint density at radius 3 is 2.48 bits per heavy atom. The fraction of sp³-hybridized carbons (Fsp3) is 0.200. The van der Waals surface area contributed by atoms with Gasteiger partial charge in [0.25, 0.3) is 11.6 Å². The van der Waals surface area contributed by atoms with Crippen LogP contribution in [0.1, 0.15) is 11.1 Å². The number of benzene rings is 2. The maximum absolute atomic E-state index is 12.3. The predicted molar refractivity (Wildman–Crippen MR) is 116 cm³/mol. The lowest BCUT2D eigenvalue weighted by Gasteiger charge is -2.12. The molecule has 0 spiro atoms. The van der Waals surface area contributed by atoms with Crippen LogP contribution in [-0.4, -0.2) is 40.3 Å². The van der Waals surface area contributed by atoms with E-state index in [-0.39, 0.29) is 18.2 Å². The van der Waals surface area contributed by atoms with E-state index in [1.165, 1.54) is 23.1 Å². The van der Waals surface area contributed by atoms with Crippen molar-refractivity contribution in [2.24, 2.45) is 0 Å². The maximum atomic E-state index is 12.3. The molecule has 7 nitrogen and oxygen atoms in total. The van der Waals surface area contributed by atoms with Crippen molar-refractivity contribution >= 4 is 46.0 Å². The molecule has 0 aliphatic carbocycles. The molecule has 1 saturated heterocycles. The summed E-state index contributed by atoms with van der Waals surface area (Å²) in [6.45, 7) is 2.49. The van der Waals surface area contributed by atoms with Crippen LogP contribution in [0.3, 0.4) is 0 Å². The number of rotatable bonds is 7. The highest BCUT2D eigenvalue weighted by Crippen LogP contribution is 2.34. The lowest BCUT2D eigenvalue weighted by molar-refractivity contribution is -0.384. The first-order valence-electron chi connectivity index (χ1n) is 8.68. The molecule has 1 amide bonds. The van der Waals surface area contributed by atoms with E-state index in [4.69, 9.17) is 21.7 Å². The van der Waals surface area contributed by atoms with Crippen LogP contribution in [-0.2, 0) is 4.79 Å². The number of amides is 1. The highest BCUT2D eigenvalue weighted by molar-refractivity contribution is 8.26. The Hall–Kier alpha value is -2.91. The number of ether oxygens (including phenoxy) is 2. The van der Waals surface area contributed by atoms with Gasteiger partial charge in [-0.05, 0) is 30.7 Å². The van der Waals surface area contributed by atoms with E-state index in [1.807, 2.05) is 31.2 Å². The average molecular weight is 431 g/mol. The van der Waals surface area contributed by atoms with Gasteiger partial charge in [-0.15, -0.1) is 0 Å². The number of aryl methyl sites for hydroxylation is 1. The van der Waals surface area contributed by atoms with Crippen molar-refractivity contribution in [2.75, 3.05) is 20.3 Å². The summed E-state index contributed by atoms with van der Waals surface area (Å²) < 4.78 is 11.9. The molecule has 0 atom stereocenters. The fourth-order valence-corrected chi connectivity index (χ4v) is 3.77. The lowest BCUT2D eigenvalue weighted by atomic mass is 10.1. The Labute approximate surface area is 177 Å². The topological polar surface area (TPSA) is 81.9 Å². The van der Waals surface area contributed by atoms with E-state index >= 15 is 0 Å². The number of carbonyl (C=O) groups is 1. The quantitative estimate of drug-likeness (QED) is 0.214. The number of carbonyl (C=O) groups excluding carboxylic acids is 1. The van der Waals surface area contributed by atoms with Gasteiger partial charge in [-0.1, -0.05) is 42.2 Å². The Morgan fingerprint density at radius 2 is 1.86 bits per heavy atom. The summed E-state index contributed by atoms with van der Waals surface area (Å²) in [6.07, 6.45) is 1.56. The van der Waals surface area contributed by atoms with Crippen molar-refractivity contribution in [2.45, 2.75) is 6.92 Å². The van der Waals surface area contributed by atoms with Crippen LogP contribution < -0.4 is 9.47 Å². The minimum atomic E-state index is -0.493. The van der Waals surface area contributed by atoms with Crippen LogP contribution in [0.25, 0.3) is 6.08 Å². The fourth-order valence-electron chi connectivity index (χ4n) is 2.60. The maximum Gasteiger partial charge on any atom is 0.270 e. The minimum absolute atomic E-state index is 0.0910. The molecule has 1 aliphatic heterocycles. The van der Waals surface area contributed by atoms with E-state index in [0.29, 0.717) is 27.1 Å². The summed E-state index contributed by atoms with van der Waals surface area (Å²) in [5.41, 5.74) is 1.36. The van der Waals surface area contributed by atoms with Crippen LogP contribution in [0.4, 0.5) is 5.69 Å². The minimum Gasteiger partial charge on any atom is -0.490 e. The molecule has 2 aromatic carbocycles. The van der Waals surface area contributed by atoms with E-state index in [0.717, 1.165) is 23.1 Å². The highest BCUT2D eigenvalue weighted by Gasteiger charge is 2.29. The van der Waals surface area contributed by atoms with E-state index in [2.05, 4.69) is 0 Å². The van der Waals surface area contributed by atoms with Gasteiger partial charge in [0, 0.05) is 24.7 Å². The van der Waals surface area contributed by atoms with Gasteiger partial charge in [0.1, 0.15) is 29.0 Å². The molecule has 0 aromatic heterocycles. The molecule has 0 radical (unpaired) electrons. The third kappa shape index (κ3) is 4.93. The van der Waals surface area contributed by atoms with Gasteiger partial charge in [-0.25, -0.2) is 0 Å². The Kier molecular flexibility index (Phi) is 6.50.